The number of amides is 2. The summed E-state index contributed by atoms with van der Waals surface area (Å²) in [5.74, 6) is -0.429. The van der Waals surface area contributed by atoms with E-state index in [1.807, 2.05) is 23.6 Å². The van der Waals surface area contributed by atoms with E-state index in [1.54, 1.807) is 50.4 Å². The Bertz CT molecular complexity index is 1360. The number of rotatable bonds is 5. The molecule has 0 bridgehead atoms. The molecule has 0 spiro atoms. The third-order valence-corrected chi connectivity index (χ3v) is 6.97. The molecule has 10 heteroatoms. The lowest BCUT2D eigenvalue weighted by Crippen LogP contribution is -2.27. The Morgan fingerprint density at radius 1 is 1.06 bits per heavy atom. The van der Waals surface area contributed by atoms with Crippen LogP contribution in [0.3, 0.4) is 0 Å². The van der Waals surface area contributed by atoms with Crippen LogP contribution in [0.1, 0.15) is 31.1 Å². The van der Waals surface area contributed by atoms with Crippen LogP contribution < -0.4 is 10.6 Å². The quantitative estimate of drug-likeness (QED) is 0.423. The minimum atomic E-state index is -2.86. The predicted octanol–water partition coefficient (Wildman–Crippen LogP) is 5.95. The van der Waals surface area contributed by atoms with Gasteiger partial charge in [-0.3, -0.25) is 10.1 Å². The number of nitrogens with one attached hydrogen (secondary N) is 2. The highest BCUT2D eigenvalue weighted by Gasteiger charge is 2.19. The fourth-order valence-corrected chi connectivity index (χ4v) is 4.58. The van der Waals surface area contributed by atoms with Crippen molar-refractivity contribution in [3.63, 3.8) is 0 Å². The number of nitrogens with zero attached hydrogens (tertiary/aromatic N) is 2. The van der Waals surface area contributed by atoms with Crippen LogP contribution in [0.4, 0.5) is 16.2 Å². The molecule has 3 rings (SSSR count). The minimum Gasteiger partial charge on any atom is -0.444 e. The number of anilines is 2. The zero-order valence-electron chi connectivity index (χ0n) is 19.1. The van der Waals surface area contributed by atoms with Gasteiger partial charge >= 0.3 is 6.09 Å². The van der Waals surface area contributed by atoms with Crippen LogP contribution in [-0.4, -0.2) is 28.1 Å². The largest absolute Gasteiger partial charge is 0.444 e. The summed E-state index contributed by atoms with van der Waals surface area (Å²) in [5, 5.41) is 16.2. The van der Waals surface area contributed by atoms with Gasteiger partial charge in [0.05, 0.1) is 21.1 Å². The molecule has 34 heavy (non-hydrogen) atoms. The molecule has 1 atom stereocenters. The molecule has 8 nitrogen and oxygen atoms in total. The topological polar surface area (TPSA) is 121 Å². The molecule has 0 saturated carbocycles. The first-order valence-electron chi connectivity index (χ1n) is 10.2. The standard InChI is InChI=1S/C24H24N4O4S2/c1-24(2,3)32-23(30)28-19-12-9-17(21-6-5-13-33-21)14-20(19)27-22(29)16-7-10-18(11-8-16)34(4,31)26-15-25/h5-14H,1-4H3,(H,27,29)(H,28,30). The van der Waals surface area contributed by atoms with Crippen molar-refractivity contribution in [2.45, 2.75) is 31.3 Å². The van der Waals surface area contributed by atoms with E-state index < -0.39 is 27.3 Å². The predicted molar refractivity (Wildman–Crippen MR) is 134 cm³/mol. The van der Waals surface area contributed by atoms with E-state index in [1.165, 1.54) is 30.5 Å². The number of carbonyl (C=O) groups excluding carboxylic acids is 2. The molecule has 3 aromatic rings. The van der Waals surface area contributed by atoms with E-state index in [2.05, 4.69) is 15.0 Å². The Hall–Kier alpha value is -3.68. The van der Waals surface area contributed by atoms with E-state index in [4.69, 9.17) is 10.00 Å². The first-order valence-corrected chi connectivity index (χ1v) is 13.0. The SMILES string of the molecule is CC(C)(C)OC(=O)Nc1ccc(-c2cccs2)cc1NC(=O)c1ccc(S(C)(=O)=NC#N)cc1. The Balaban J connectivity index is 1.90. The van der Waals surface area contributed by atoms with Crippen molar-refractivity contribution in [1.82, 2.24) is 0 Å². The first kappa shape index (κ1) is 25.0. The molecule has 2 aromatic carbocycles. The van der Waals surface area contributed by atoms with Gasteiger partial charge in [-0.1, -0.05) is 12.1 Å². The van der Waals surface area contributed by atoms with Crippen molar-refractivity contribution in [2.75, 3.05) is 16.9 Å². The summed E-state index contributed by atoms with van der Waals surface area (Å²) in [6.45, 7) is 5.28. The molecule has 0 aliphatic carbocycles. The maximum absolute atomic E-state index is 13.0. The average Bonchev–Trinajstić information content (AvgIpc) is 3.28. The molecule has 1 heterocycles. The Kier molecular flexibility index (Phi) is 7.39. The Morgan fingerprint density at radius 2 is 1.76 bits per heavy atom. The fraction of sp³-hybridized carbons (Fsp3) is 0.208. The zero-order valence-corrected chi connectivity index (χ0v) is 20.8. The van der Waals surface area contributed by atoms with E-state index in [9.17, 15) is 13.8 Å². The molecule has 0 radical (unpaired) electrons. The number of hydrogen-bond donors (Lipinski definition) is 2. The molecule has 2 amide bonds. The van der Waals surface area contributed by atoms with Gasteiger partial charge < -0.3 is 10.1 Å². The molecule has 1 aromatic heterocycles. The van der Waals surface area contributed by atoms with Gasteiger partial charge in [-0.2, -0.15) is 5.26 Å². The molecule has 0 saturated heterocycles. The lowest BCUT2D eigenvalue weighted by atomic mass is 10.1. The molecule has 2 N–H and O–H groups in total. The van der Waals surface area contributed by atoms with Crippen molar-refractivity contribution in [3.8, 4) is 16.6 Å². The third kappa shape index (κ3) is 6.43. The summed E-state index contributed by atoms with van der Waals surface area (Å²) in [4.78, 5) is 26.6. The fourth-order valence-electron chi connectivity index (χ4n) is 2.95. The first-order chi connectivity index (χ1) is 16.0. The summed E-state index contributed by atoms with van der Waals surface area (Å²) in [6, 6.07) is 15.2. The second-order valence-electron chi connectivity index (χ2n) is 8.34. The highest BCUT2D eigenvalue weighted by atomic mass is 32.2. The molecular weight excluding hydrogens is 472 g/mol. The van der Waals surface area contributed by atoms with Crippen LogP contribution in [0.5, 0.6) is 0 Å². The summed E-state index contributed by atoms with van der Waals surface area (Å²) in [6.07, 6.45) is 2.27. The zero-order chi connectivity index (χ0) is 24.9. The van der Waals surface area contributed by atoms with Crippen molar-refractivity contribution < 1.29 is 18.5 Å². The Labute approximate surface area is 202 Å². The van der Waals surface area contributed by atoms with Crippen molar-refractivity contribution in [3.05, 3.63) is 65.5 Å². The highest BCUT2D eigenvalue weighted by molar-refractivity contribution is 7.93. The van der Waals surface area contributed by atoms with Crippen LogP contribution in [0.25, 0.3) is 10.4 Å². The summed E-state index contributed by atoms with van der Waals surface area (Å²) < 4.78 is 21.2. The average molecular weight is 497 g/mol. The summed E-state index contributed by atoms with van der Waals surface area (Å²) >= 11 is 1.55. The molecule has 1 unspecified atom stereocenters. The number of hydrogen-bond acceptors (Lipinski definition) is 7. The minimum absolute atomic E-state index is 0.306. The lowest BCUT2D eigenvalue weighted by Gasteiger charge is -2.21. The number of thiophene rings is 1. The van der Waals surface area contributed by atoms with Crippen molar-refractivity contribution in [2.24, 2.45) is 4.36 Å². The van der Waals surface area contributed by atoms with Gasteiger partial charge in [0, 0.05) is 21.6 Å². The van der Waals surface area contributed by atoms with E-state index >= 15 is 0 Å². The second-order valence-corrected chi connectivity index (χ2v) is 11.5. The van der Waals surface area contributed by atoms with Gasteiger partial charge in [0.2, 0.25) is 6.19 Å². The van der Waals surface area contributed by atoms with Crippen molar-refractivity contribution >= 4 is 44.4 Å². The van der Waals surface area contributed by atoms with Crippen LogP contribution in [0, 0.1) is 11.5 Å². The number of nitriles is 1. The van der Waals surface area contributed by atoms with Gasteiger partial charge in [-0.15, -0.1) is 15.7 Å². The van der Waals surface area contributed by atoms with Crippen LogP contribution in [0.2, 0.25) is 0 Å². The summed E-state index contributed by atoms with van der Waals surface area (Å²) in [7, 11) is -2.86. The Morgan fingerprint density at radius 3 is 2.35 bits per heavy atom. The van der Waals surface area contributed by atoms with Crippen molar-refractivity contribution in [1.29, 1.82) is 5.26 Å². The highest BCUT2D eigenvalue weighted by Crippen LogP contribution is 2.32. The molecule has 176 valence electrons. The monoisotopic (exact) mass is 496 g/mol. The van der Waals surface area contributed by atoms with E-state index in [-0.39, 0.29) is 0 Å². The van der Waals surface area contributed by atoms with E-state index in [0.29, 0.717) is 21.8 Å². The smallest absolute Gasteiger partial charge is 0.412 e. The normalized spacial score (nSPS) is 12.7. The van der Waals surface area contributed by atoms with Gasteiger partial charge in [0.1, 0.15) is 5.60 Å². The third-order valence-electron chi connectivity index (χ3n) is 4.48. The lowest BCUT2D eigenvalue weighted by molar-refractivity contribution is 0.0635. The van der Waals surface area contributed by atoms with Gasteiger partial charge in [0.15, 0.2) is 0 Å². The van der Waals surface area contributed by atoms with Gasteiger partial charge in [0.25, 0.3) is 5.91 Å². The van der Waals surface area contributed by atoms with Gasteiger partial charge in [-0.05, 0) is 74.2 Å². The molecule has 0 aliphatic heterocycles. The van der Waals surface area contributed by atoms with Crippen LogP contribution in [0.15, 0.2) is 69.2 Å². The number of carbonyl (C=O) groups is 2. The second kappa shape index (κ2) is 10.1. The van der Waals surface area contributed by atoms with Crippen LogP contribution in [-0.2, 0) is 14.5 Å². The molecule has 0 fully saturated rings. The number of ether oxygens (including phenoxy) is 1. The van der Waals surface area contributed by atoms with Gasteiger partial charge in [-0.25, -0.2) is 9.00 Å². The van der Waals surface area contributed by atoms with Crippen LogP contribution >= 0.6 is 11.3 Å². The number of benzene rings is 2. The van der Waals surface area contributed by atoms with E-state index in [0.717, 1.165) is 10.4 Å². The molecule has 0 aliphatic rings. The maximum Gasteiger partial charge on any atom is 0.412 e. The molecular formula is C24H24N4O4S2. The summed E-state index contributed by atoms with van der Waals surface area (Å²) in [5.41, 5.74) is 1.27. The maximum atomic E-state index is 13.0.